The van der Waals surface area contributed by atoms with Crippen molar-refractivity contribution >= 4 is 11.6 Å². The number of amides is 1. The molecule has 0 N–H and O–H groups in total. The molecule has 1 heterocycles. The van der Waals surface area contributed by atoms with Gasteiger partial charge in [0.2, 0.25) is 5.91 Å². The second-order valence-corrected chi connectivity index (χ2v) is 9.19. The van der Waals surface area contributed by atoms with Crippen molar-refractivity contribution in [3.05, 3.63) is 71.0 Å². The largest absolute Gasteiger partial charge is 0.416 e. The lowest BCUT2D eigenvalue weighted by Gasteiger charge is -2.28. The Morgan fingerprint density at radius 3 is 2.50 bits per heavy atom. The van der Waals surface area contributed by atoms with E-state index in [0.29, 0.717) is 23.3 Å². The molecule has 8 heteroatoms. The molecule has 2 aromatic carbocycles. The maximum Gasteiger partial charge on any atom is 0.416 e. The minimum atomic E-state index is -4.46. The van der Waals surface area contributed by atoms with Gasteiger partial charge in [0, 0.05) is 24.9 Å². The van der Waals surface area contributed by atoms with Gasteiger partial charge in [0.15, 0.2) is 6.10 Å². The number of benzene rings is 2. The van der Waals surface area contributed by atoms with Gasteiger partial charge in [-0.25, -0.2) is 4.39 Å². The number of nitrogens with zero attached hydrogens (tertiary/aromatic N) is 2. The van der Waals surface area contributed by atoms with Gasteiger partial charge in [-0.3, -0.25) is 4.79 Å². The molecule has 0 bridgehead atoms. The van der Waals surface area contributed by atoms with E-state index in [1.165, 1.54) is 23.1 Å². The molecule has 1 amide bonds. The number of rotatable bonds is 6. The molecule has 0 radical (unpaired) electrons. The predicted octanol–water partition coefficient (Wildman–Crippen LogP) is 5.80. The van der Waals surface area contributed by atoms with E-state index in [2.05, 4.69) is 5.16 Å². The monoisotopic (exact) mass is 450 g/mol. The highest BCUT2D eigenvalue weighted by molar-refractivity contribution is 6.01. The van der Waals surface area contributed by atoms with E-state index in [4.69, 9.17) is 4.84 Å². The summed E-state index contributed by atoms with van der Waals surface area (Å²) in [6, 6.07) is 10.9. The number of carbonyl (C=O) groups excluding carboxylic acids is 1. The Balaban J connectivity index is 1.75. The smallest absolute Gasteiger partial charge is 0.390 e. The Morgan fingerprint density at radius 2 is 1.84 bits per heavy atom. The highest BCUT2D eigenvalue weighted by atomic mass is 19.4. The van der Waals surface area contributed by atoms with Crippen molar-refractivity contribution in [1.82, 2.24) is 4.90 Å². The Kier molecular flexibility index (Phi) is 6.91. The Hall–Kier alpha value is -2.90. The maximum absolute atomic E-state index is 13.5. The molecule has 0 spiro atoms. The van der Waals surface area contributed by atoms with Crippen LogP contribution in [-0.2, 0) is 22.4 Å². The van der Waals surface area contributed by atoms with Gasteiger partial charge in [0.1, 0.15) is 5.82 Å². The van der Waals surface area contributed by atoms with E-state index in [0.717, 1.165) is 12.1 Å². The summed E-state index contributed by atoms with van der Waals surface area (Å²) < 4.78 is 52.8. The normalized spacial score (nSPS) is 16.5. The van der Waals surface area contributed by atoms with Crippen molar-refractivity contribution in [1.29, 1.82) is 0 Å². The Labute approximate surface area is 184 Å². The van der Waals surface area contributed by atoms with Crippen molar-refractivity contribution in [2.45, 2.75) is 52.4 Å². The van der Waals surface area contributed by atoms with Crippen molar-refractivity contribution in [2.24, 2.45) is 10.6 Å². The van der Waals surface area contributed by atoms with Gasteiger partial charge < -0.3 is 9.74 Å². The molecule has 0 aliphatic carbocycles. The third-order valence-electron chi connectivity index (χ3n) is 4.98. The van der Waals surface area contributed by atoms with E-state index in [1.54, 1.807) is 18.2 Å². The van der Waals surface area contributed by atoms with Crippen molar-refractivity contribution in [3.63, 3.8) is 0 Å². The van der Waals surface area contributed by atoms with Crippen LogP contribution in [0.1, 0.15) is 50.3 Å². The second-order valence-electron chi connectivity index (χ2n) is 9.19. The summed E-state index contributed by atoms with van der Waals surface area (Å²) in [6.45, 7) is 5.95. The number of hydrogen-bond acceptors (Lipinski definition) is 3. The van der Waals surface area contributed by atoms with E-state index in [-0.39, 0.29) is 36.6 Å². The van der Waals surface area contributed by atoms with Crippen molar-refractivity contribution in [3.8, 4) is 0 Å². The van der Waals surface area contributed by atoms with Crippen LogP contribution in [0.4, 0.5) is 17.6 Å². The molecule has 0 fully saturated rings. The van der Waals surface area contributed by atoms with Crippen LogP contribution in [0.3, 0.4) is 0 Å². The quantitative estimate of drug-likeness (QED) is 0.522. The molecule has 4 nitrogen and oxygen atoms in total. The summed E-state index contributed by atoms with van der Waals surface area (Å²) in [4.78, 5) is 20.0. The van der Waals surface area contributed by atoms with E-state index >= 15 is 0 Å². The third-order valence-corrected chi connectivity index (χ3v) is 4.98. The fraction of sp³-hybridized carbons (Fsp3) is 0.417. The van der Waals surface area contributed by atoms with Crippen LogP contribution in [0.15, 0.2) is 53.7 Å². The van der Waals surface area contributed by atoms with Crippen LogP contribution >= 0.6 is 0 Å². The molecule has 1 aliphatic heterocycles. The molecule has 1 aliphatic rings. The number of halogens is 4. The number of oxime groups is 1. The first-order chi connectivity index (χ1) is 14.9. The Bertz CT molecular complexity index is 996. The molecule has 1 unspecified atom stereocenters. The molecule has 2 aromatic rings. The zero-order chi connectivity index (χ0) is 23.5. The van der Waals surface area contributed by atoms with E-state index < -0.39 is 17.8 Å². The fourth-order valence-electron chi connectivity index (χ4n) is 3.50. The fourth-order valence-corrected chi connectivity index (χ4v) is 3.50. The summed E-state index contributed by atoms with van der Waals surface area (Å²) in [5.74, 6) is -0.571. The predicted molar refractivity (Wildman–Crippen MR) is 113 cm³/mol. The van der Waals surface area contributed by atoms with Crippen LogP contribution in [0.25, 0.3) is 0 Å². The van der Waals surface area contributed by atoms with Gasteiger partial charge in [-0.1, -0.05) is 50.2 Å². The minimum absolute atomic E-state index is 0.0218. The van der Waals surface area contributed by atoms with Crippen LogP contribution < -0.4 is 0 Å². The number of hydrogen-bond donors (Lipinski definition) is 0. The van der Waals surface area contributed by atoms with Gasteiger partial charge in [0.05, 0.1) is 17.8 Å². The first-order valence-electron chi connectivity index (χ1n) is 10.3. The lowest BCUT2D eigenvalue weighted by Crippen LogP contribution is -2.38. The van der Waals surface area contributed by atoms with Crippen molar-refractivity contribution in [2.75, 3.05) is 6.54 Å². The van der Waals surface area contributed by atoms with Gasteiger partial charge in [-0.15, -0.1) is 0 Å². The summed E-state index contributed by atoms with van der Waals surface area (Å²) in [5, 5.41) is 4.03. The summed E-state index contributed by atoms with van der Waals surface area (Å²) in [5.41, 5.74) is 0.497. The SMILES string of the molecule is CC(C)(C)CC(=O)N(Cc1cccc(C(F)(F)F)c1)CC1CC(c2cccc(F)c2)=NO1. The standard InChI is InChI=1S/C24H26F4N2O2/c1-23(2,3)13-22(31)30(14-16-6-4-8-18(10-16)24(26,27)28)15-20-12-21(29-32-20)17-7-5-9-19(25)11-17/h4-11,20H,12-15H2,1-3H3. The van der Waals surface area contributed by atoms with E-state index in [9.17, 15) is 22.4 Å². The molecular formula is C24H26F4N2O2. The van der Waals surface area contributed by atoms with E-state index in [1.807, 2.05) is 20.8 Å². The minimum Gasteiger partial charge on any atom is -0.390 e. The lowest BCUT2D eigenvalue weighted by atomic mass is 9.91. The van der Waals surface area contributed by atoms with Crippen LogP contribution in [0.5, 0.6) is 0 Å². The van der Waals surface area contributed by atoms with Crippen LogP contribution in [0.2, 0.25) is 0 Å². The zero-order valence-electron chi connectivity index (χ0n) is 18.2. The average molecular weight is 450 g/mol. The van der Waals surface area contributed by atoms with Gasteiger partial charge >= 0.3 is 6.18 Å². The first kappa shape index (κ1) is 23.8. The molecule has 0 aromatic heterocycles. The second kappa shape index (κ2) is 9.30. The van der Waals surface area contributed by atoms with Gasteiger partial charge in [-0.2, -0.15) is 13.2 Å². The number of carbonyl (C=O) groups is 1. The van der Waals surface area contributed by atoms with Gasteiger partial charge in [-0.05, 0) is 35.2 Å². The highest BCUT2D eigenvalue weighted by Crippen LogP contribution is 2.30. The molecule has 0 saturated heterocycles. The molecule has 0 saturated carbocycles. The van der Waals surface area contributed by atoms with Crippen molar-refractivity contribution < 1.29 is 27.2 Å². The lowest BCUT2D eigenvalue weighted by molar-refractivity contribution is -0.137. The molecular weight excluding hydrogens is 424 g/mol. The molecule has 32 heavy (non-hydrogen) atoms. The summed E-state index contributed by atoms with van der Waals surface area (Å²) in [6.07, 6.45) is -4.33. The maximum atomic E-state index is 13.5. The Morgan fingerprint density at radius 1 is 1.12 bits per heavy atom. The highest BCUT2D eigenvalue weighted by Gasteiger charge is 2.32. The first-order valence-corrected chi connectivity index (χ1v) is 10.3. The average Bonchev–Trinajstić information content (AvgIpc) is 3.14. The zero-order valence-corrected chi connectivity index (χ0v) is 18.2. The molecule has 1 atom stereocenters. The summed E-state index contributed by atoms with van der Waals surface area (Å²) >= 11 is 0. The molecule has 172 valence electrons. The van der Waals surface area contributed by atoms with Crippen LogP contribution in [-0.4, -0.2) is 29.2 Å². The third kappa shape index (κ3) is 6.55. The van der Waals surface area contributed by atoms with Gasteiger partial charge in [0.25, 0.3) is 0 Å². The summed E-state index contributed by atoms with van der Waals surface area (Å²) in [7, 11) is 0. The molecule has 3 rings (SSSR count). The topological polar surface area (TPSA) is 41.9 Å². The van der Waals surface area contributed by atoms with Crippen LogP contribution in [0, 0.1) is 11.2 Å². The number of alkyl halides is 3.